The number of rotatable bonds is 11. The Morgan fingerprint density at radius 3 is 1.97 bits per heavy atom. The Labute approximate surface area is 223 Å². The molecule has 0 aromatic heterocycles. The number of nitrogens with zero attached hydrogens (tertiary/aromatic N) is 3. The highest BCUT2D eigenvalue weighted by molar-refractivity contribution is 5.63. The third kappa shape index (κ3) is 6.45. The van der Waals surface area contributed by atoms with Crippen molar-refractivity contribution in [2.24, 2.45) is 0 Å². The third-order valence-corrected chi connectivity index (χ3v) is 6.90. The molecule has 0 spiro atoms. The zero-order chi connectivity index (χ0) is 26.0. The van der Waals surface area contributed by atoms with Crippen molar-refractivity contribution < 1.29 is 0 Å². The largest absolute Gasteiger partial charge is 0.372 e. The number of likely N-dealkylation sites (N-methyl/N-ethyl adjacent to an activating group) is 1. The number of hydrogen-bond donors (Lipinski definition) is 1. The van der Waals surface area contributed by atoms with Crippen LogP contribution in [0.25, 0.3) is 12.2 Å². The third-order valence-electron chi connectivity index (χ3n) is 6.90. The summed E-state index contributed by atoms with van der Waals surface area (Å²) in [4.78, 5) is 4.78. The molecule has 3 aromatic carbocycles. The normalized spacial score (nSPS) is 15.6. The minimum absolute atomic E-state index is 0.0783. The Morgan fingerprint density at radius 1 is 0.757 bits per heavy atom. The Morgan fingerprint density at radius 2 is 1.38 bits per heavy atom. The first kappa shape index (κ1) is 26.2. The summed E-state index contributed by atoms with van der Waals surface area (Å²) in [6, 6.07) is 30.1. The predicted octanol–water partition coefficient (Wildman–Crippen LogP) is 7.21. The number of hydrazine groups is 1. The first-order valence-electron chi connectivity index (χ1n) is 13.5. The monoisotopic (exact) mass is 492 g/mol. The molecule has 1 heterocycles. The van der Waals surface area contributed by atoms with Crippen LogP contribution in [0.2, 0.25) is 0 Å². The zero-order valence-electron chi connectivity index (χ0n) is 22.6. The molecule has 1 aliphatic heterocycles. The van der Waals surface area contributed by atoms with Crippen molar-refractivity contribution in [3.05, 3.63) is 120 Å². The fraction of sp³-hybridized carbons (Fsp3) is 0.273. The van der Waals surface area contributed by atoms with Crippen molar-refractivity contribution in [2.75, 3.05) is 36.1 Å². The molecule has 0 fully saturated rings. The van der Waals surface area contributed by atoms with Crippen molar-refractivity contribution in [1.29, 1.82) is 0 Å². The Bertz CT molecular complexity index is 1190. The van der Waals surface area contributed by atoms with Crippen molar-refractivity contribution in [3.8, 4) is 0 Å². The molecule has 1 N–H and O–H groups in total. The van der Waals surface area contributed by atoms with Gasteiger partial charge in [0, 0.05) is 31.9 Å². The number of nitrogens with one attached hydrogen (secondary N) is 1. The standard InChI is InChI=1S/C33H40N4/c1-5-35(6-2)29-22-19-27(20-23-29)21-24-31-26-32(34-37(31)30-17-13-10-14-18-30)33(36(7-3)8-4)25-28-15-11-9-12-16-28/h9-26,31,34H,5-8H2,1-4H3. The summed E-state index contributed by atoms with van der Waals surface area (Å²) in [5, 5.41) is 2.25. The van der Waals surface area contributed by atoms with Crippen LogP contribution in [0.4, 0.5) is 11.4 Å². The number of benzene rings is 3. The number of hydrogen-bond acceptors (Lipinski definition) is 4. The van der Waals surface area contributed by atoms with Gasteiger partial charge in [0.1, 0.15) is 0 Å². The summed E-state index contributed by atoms with van der Waals surface area (Å²) in [5.41, 5.74) is 10.9. The van der Waals surface area contributed by atoms with Crippen LogP contribution >= 0.6 is 0 Å². The van der Waals surface area contributed by atoms with E-state index in [-0.39, 0.29) is 6.04 Å². The second-order valence-electron chi connectivity index (χ2n) is 9.12. The van der Waals surface area contributed by atoms with E-state index in [1.54, 1.807) is 0 Å². The molecule has 4 heteroatoms. The molecule has 0 bridgehead atoms. The highest BCUT2D eigenvalue weighted by Crippen LogP contribution is 2.28. The Hall–Kier alpha value is -3.92. The molecule has 3 aromatic rings. The van der Waals surface area contributed by atoms with Crippen LogP contribution in [-0.4, -0.2) is 37.1 Å². The first-order chi connectivity index (χ1) is 18.2. The van der Waals surface area contributed by atoms with E-state index >= 15 is 0 Å². The van der Waals surface area contributed by atoms with E-state index in [1.165, 1.54) is 22.5 Å². The van der Waals surface area contributed by atoms with Crippen molar-refractivity contribution in [2.45, 2.75) is 33.7 Å². The first-order valence-corrected chi connectivity index (χ1v) is 13.5. The van der Waals surface area contributed by atoms with Gasteiger partial charge in [-0.05, 0) is 75.2 Å². The van der Waals surface area contributed by atoms with E-state index < -0.39 is 0 Å². The summed E-state index contributed by atoms with van der Waals surface area (Å²) < 4.78 is 0. The van der Waals surface area contributed by atoms with Crippen LogP contribution in [-0.2, 0) is 0 Å². The van der Waals surface area contributed by atoms with Gasteiger partial charge in [0.25, 0.3) is 0 Å². The van der Waals surface area contributed by atoms with Crippen LogP contribution in [0.3, 0.4) is 0 Å². The van der Waals surface area contributed by atoms with E-state index in [2.05, 4.69) is 157 Å². The molecule has 0 saturated heterocycles. The lowest BCUT2D eigenvalue weighted by Crippen LogP contribution is -2.39. The summed E-state index contributed by atoms with van der Waals surface area (Å²) in [5.74, 6) is 0. The highest BCUT2D eigenvalue weighted by atomic mass is 15.5. The Kier molecular flexibility index (Phi) is 9.09. The average molecular weight is 493 g/mol. The maximum absolute atomic E-state index is 3.73. The molecule has 1 atom stereocenters. The molecule has 192 valence electrons. The maximum Gasteiger partial charge on any atom is 0.0893 e. The maximum atomic E-state index is 3.73. The molecular formula is C33H40N4. The number of anilines is 2. The molecule has 0 saturated carbocycles. The van der Waals surface area contributed by atoms with E-state index in [0.717, 1.165) is 37.6 Å². The van der Waals surface area contributed by atoms with Gasteiger partial charge < -0.3 is 9.80 Å². The van der Waals surface area contributed by atoms with E-state index in [0.29, 0.717) is 0 Å². The summed E-state index contributed by atoms with van der Waals surface area (Å²) in [6.45, 7) is 12.8. The lowest BCUT2D eigenvalue weighted by Gasteiger charge is -2.29. The molecule has 1 aliphatic rings. The molecule has 37 heavy (non-hydrogen) atoms. The zero-order valence-corrected chi connectivity index (χ0v) is 22.6. The highest BCUT2D eigenvalue weighted by Gasteiger charge is 2.26. The van der Waals surface area contributed by atoms with Crippen molar-refractivity contribution in [3.63, 3.8) is 0 Å². The molecule has 1 unspecified atom stereocenters. The topological polar surface area (TPSA) is 21.8 Å². The van der Waals surface area contributed by atoms with Crippen molar-refractivity contribution >= 4 is 23.5 Å². The van der Waals surface area contributed by atoms with Crippen LogP contribution < -0.4 is 15.3 Å². The van der Waals surface area contributed by atoms with E-state index in [9.17, 15) is 0 Å². The smallest absolute Gasteiger partial charge is 0.0893 e. The SMILES string of the molecule is CCN(CC)C(=Cc1ccccc1)C1=CC(C=Cc2ccc(N(CC)CC)cc2)N(c2ccccc2)N1. The van der Waals surface area contributed by atoms with Crippen LogP contribution in [0, 0.1) is 0 Å². The fourth-order valence-electron chi connectivity index (χ4n) is 4.80. The second-order valence-corrected chi connectivity index (χ2v) is 9.12. The summed E-state index contributed by atoms with van der Waals surface area (Å²) in [7, 11) is 0. The van der Waals surface area contributed by atoms with E-state index in [4.69, 9.17) is 0 Å². The molecule has 4 nitrogen and oxygen atoms in total. The molecule has 0 aliphatic carbocycles. The molecule has 4 rings (SSSR count). The van der Waals surface area contributed by atoms with Crippen LogP contribution in [0.5, 0.6) is 0 Å². The van der Waals surface area contributed by atoms with Gasteiger partial charge in [0.15, 0.2) is 0 Å². The van der Waals surface area contributed by atoms with Gasteiger partial charge in [-0.3, -0.25) is 10.4 Å². The van der Waals surface area contributed by atoms with Crippen LogP contribution in [0.15, 0.2) is 108 Å². The van der Waals surface area contributed by atoms with Gasteiger partial charge in [-0.15, -0.1) is 0 Å². The molecule has 0 radical (unpaired) electrons. The quantitative estimate of drug-likeness (QED) is 0.305. The lowest BCUT2D eigenvalue weighted by atomic mass is 10.1. The Balaban J connectivity index is 1.67. The predicted molar refractivity (Wildman–Crippen MR) is 160 cm³/mol. The van der Waals surface area contributed by atoms with Gasteiger partial charge in [-0.2, -0.15) is 0 Å². The van der Waals surface area contributed by atoms with Gasteiger partial charge in [0.05, 0.1) is 23.1 Å². The van der Waals surface area contributed by atoms with Gasteiger partial charge in [0.2, 0.25) is 0 Å². The van der Waals surface area contributed by atoms with Gasteiger partial charge in [-0.25, -0.2) is 0 Å². The minimum atomic E-state index is 0.0783. The van der Waals surface area contributed by atoms with E-state index in [1.807, 2.05) is 0 Å². The second kappa shape index (κ2) is 12.9. The lowest BCUT2D eigenvalue weighted by molar-refractivity contribution is 0.388. The van der Waals surface area contributed by atoms with Crippen LogP contribution in [0.1, 0.15) is 38.8 Å². The number of para-hydroxylation sites is 1. The summed E-state index contributed by atoms with van der Waals surface area (Å²) >= 11 is 0. The van der Waals surface area contributed by atoms with Gasteiger partial charge in [-0.1, -0.05) is 72.8 Å². The molecule has 0 amide bonds. The minimum Gasteiger partial charge on any atom is -0.372 e. The molecular weight excluding hydrogens is 452 g/mol. The summed E-state index contributed by atoms with van der Waals surface area (Å²) in [6.07, 6.45) is 9.13. The average Bonchev–Trinajstić information content (AvgIpc) is 3.38. The van der Waals surface area contributed by atoms with Gasteiger partial charge >= 0.3 is 0 Å². The fourth-order valence-corrected chi connectivity index (χ4v) is 4.80. The van der Waals surface area contributed by atoms with Crippen molar-refractivity contribution in [1.82, 2.24) is 10.3 Å².